The quantitative estimate of drug-likeness (QED) is 0.791. The monoisotopic (exact) mass is 280 g/mol. The van der Waals surface area contributed by atoms with E-state index < -0.39 is 11.6 Å². The first-order valence-corrected chi connectivity index (χ1v) is 6.71. The van der Waals surface area contributed by atoms with Crippen molar-refractivity contribution in [2.45, 2.75) is 32.9 Å². The van der Waals surface area contributed by atoms with E-state index in [1.165, 1.54) is 18.5 Å². The highest BCUT2D eigenvalue weighted by molar-refractivity contribution is 5.18. The fourth-order valence-corrected chi connectivity index (χ4v) is 2.01. The average Bonchev–Trinajstić information content (AvgIpc) is 2.82. The first-order chi connectivity index (χ1) is 9.69. The van der Waals surface area contributed by atoms with Crippen LogP contribution in [0.5, 0.6) is 0 Å². The SMILES string of the molecule is CCCn1ncnc1CNCCc1cc(F)cc(F)c1. The van der Waals surface area contributed by atoms with E-state index in [1.54, 1.807) is 0 Å². The number of aromatic nitrogens is 3. The standard InChI is InChI=1S/C14H18F2N4/c1-2-5-20-14(18-10-19-20)9-17-4-3-11-6-12(15)8-13(16)7-11/h6-8,10,17H,2-5,9H2,1H3. The number of rotatable bonds is 7. The Morgan fingerprint density at radius 2 is 1.95 bits per heavy atom. The summed E-state index contributed by atoms with van der Waals surface area (Å²) < 4.78 is 27.9. The molecule has 0 radical (unpaired) electrons. The summed E-state index contributed by atoms with van der Waals surface area (Å²) in [4.78, 5) is 4.18. The maximum absolute atomic E-state index is 13.0. The second-order valence-corrected chi connectivity index (χ2v) is 4.60. The van der Waals surface area contributed by atoms with Gasteiger partial charge in [-0.25, -0.2) is 18.4 Å². The molecule has 0 atom stereocenters. The summed E-state index contributed by atoms with van der Waals surface area (Å²) in [5.74, 6) is -0.206. The average molecular weight is 280 g/mol. The number of halogens is 2. The van der Waals surface area contributed by atoms with Crippen molar-refractivity contribution < 1.29 is 8.78 Å². The summed E-state index contributed by atoms with van der Waals surface area (Å²) in [6, 6.07) is 3.58. The molecule has 0 aliphatic heterocycles. The number of nitrogens with zero attached hydrogens (tertiary/aromatic N) is 3. The Morgan fingerprint density at radius 1 is 1.20 bits per heavy atom. The van der Waals surface area contributed by atoms with Gasteiger partial charge in [0.15, 0.2) is 0 Å². The van der Waals surface area contributed by atoms with Gasteiger partial charge in [-0.3, -0.25) is 0 Å². The fourth-order valence-electron chi connectivity index (χ4n) is 2.01. The Balaban J connectivity index is 1.80. The first-order valence-electron chi connectivity index (χ1n) is 6.71. The molecule has 0 amide bonds. The van der Waals surface area contributed by atoms with Gasteiger partial charge in [-0.1, -0.05) is 6.92 Å². The molecule has 0 unspecified atom stereocenters. The van der Waals surface area contributed by atoms with E-state index in [9.17, 15) is 8.78 Å². The fraction of sp³-hybridized carbons (Fsp3) is 0.429. The number of hydrogen-bond acceptors (Lipinski definition) is 3. The smallest absolute Gasteiger partial charge is 0.140 e. The normalized spacial score (nSPS) is 10.9. The van der Waals surface area contributed by atoms with Crippen LogP contribution in [0.25, 0.3) is 0 Å². The predicted molar refractivity (Wildman–Crippen MR) is 72.1 cm³/mol. The second kappa shape index (κ2) is 7.09. The Hall–Kier alpha value is -1.82. The van der Waals surface area contributed by atoms with Crippen LogP contribution in [-0.4, -0.2) is 21.3 Å². The zero-order chi connectivity index (χ0) is 14.4. The molecule has 2 aromatic rings. The summed E-state index contributed by atoms with van der Waals surface area (Å²) in [7, 11) is 0. The molecule has 20 heavy (non-hydrogen) atoms. The third-order valence-corrected chi connectivity index (χ3v) is 2.93. The van der Waals surface area contributed by atoms with Gasteiger partial charge in [0, 0.05) is 12.6 Å². The molecule has 6 heteroatoms. The van der Waals surface area contributed by atoms with Crippen molar-refractivity contribution in [1.82, 2.24) is 20.1 Å². The number of hydrogen-bond donors (Lipinski definition) is 1. The van der Waals surface area contributed by atoms with Crippen molar-refractivity contribution in [3.63, 3.8) is 0 Å². The van der Waals surface area contributed by atoms with Crippen molar-refractivity contribution in [1.29, 1.82) is 0 Å². The van der Waals surface area contributed by atoms with Gasteiger partial charge in [0.1, 0.15) is 23.8 Å². The molecule has 0 saturated carbocycles. The summed E-state index contributed by atoms with van der Waals surface area (Å²) >= 11 is 0. The van der Waals surface area contributed by atoms with Crippen molar-refractivity contribution >= 4 is 0 Å². The highest BCUT2D eigenvalue weighted by atomic mass is 19.1. The molecule has 0 fully saturated rings. The summed E-state index contributed by atoms with van der Waals surface area (Å²) in [6.07, 6.45) is 3.10. The van der Waals surface area contributed by atoms with Gasteiger partial charge in [0.25, 0.3) is 0 Å². The number of aryl methyl sites for hydroxylation is 1. The van der Waals surface area contributed by atoms with Gasteiger partial charge in [-0.15, -0.1) is 0 Å². The van der Waals surface area contributed by atoms with Crippen LogP contribution >= 0.6 is 0 Å². The molecule has 2 rings (SSSR count). The van der Waals surface area contributed by atoms with Crippen LogP contribution in [-0.2, 0) is 19.5 Å². The van der Waals surface area contributed by atoms with Gasteiger partial charge in [-0.05, 0) is 37.1 Å². The molecule has 0 aliphatic rings. The van der Waals surface area contributed by atoms with E-state index in [2.05, 4.69) is 22.3 Å². The Bertz CT molecular complexity index is 534. The molecular weight excluding hydrogens is 262 g/mol. The molecule has 0 aliphatic carbocycles. The molecule has 108 valence electrons. The summed E-state index contributed by atoms with van der Waals surface area (Å²) in [5, 5.41) is 7.34. The molecular formula is C14H18F2N4. The van der Waals surface area contributed by atoms with Crippen LogP contribution in [0.15, 0.2) is 24.5 Å². The van der Waals surface area contributed by atoms with E-state index in [1.807, 2.05) is 4.68 Å². The van der Waals surface area contributed by atoms with Crippen LogP contribution in [0.2, 0.25) is 0 Å². The lowest BCUT2D eigenvalue weighted by Gasteiger charge is -2.07. The minimum Gasteiger partial charge on any atom is -0.310 e. The maximum Gasteiger partial charge on any atom is 0.140 e. The summed E-state index contributed by atoms with van der Waals surface area (Å²) in [5.41, 5.74) is 0.644. The van der Waals surface area contributed by atoms with Gasteiger partial charge in [-0.2, -0.15) is 5.10 Å². The lowest BCUT2D eigenvalue weighted by atomic mass is 10.1. The zero-order valence-corrected chi connectivity index (χ0v) is 11.4. The largest absolute Gasteiger partial charge is 0.310 e. The van der Waals surface area contributed by atoms with Gasteiger partial charge >= 0.3 is 0 Å². The topological polar surface area (TPSA) is 42.7 Å². The molecule has 1 heterocycles. The second-order valence-electron chi connectivity index (χ2n) is 4.60. The van der Waals surface area contributed by atoms with E-state index in [-0.39, 0.29) is 0 Å². The van der Waals surface area contributed by atoms with Gasteiger partial charge in [0.05, 0.1) is 6.54 Å². The predicted octanol–water partition coefficient (Wildman–Crippen LogP) is 2.30. The molecule has 4 nitrogen and oxygen atoms in total. The molecule has 0 spiro atoms. The maximum atomic E-state index is 13.0. The summed E-state index contributed by atoms with van der Waals surface area (Å²) in [6.45, 7) is 4.14. The van der Waals surface area contributed by atoms with E-state index in [4.69, 9.17) is 0 Å². The zero-order valence-electron chi connectivity index (χ0n) is 11.4. The van der Waals surface area contributed by atoms with Gasteiger partial charge < -0.3 is 5.32 Å². The van der Waals surface area contributed by atoms with Crippen molar-refractivity contribution in [2.75, 3.05) is 6.54 Å². The van der Waals surface area contributed by atoms with Crippen LogP contribution in [0.1, 0.15) is 24.7 Å². The van der Waals surface area contributed by atoms with E-state index in [0.717, 1.165) is 24.9 Å². The minimum absolute atomic E-state index is 0.539. The van der Waals surface area contributed by atoms with E-state index >= 15 is 0 Å². The lowest BCUT2D eigenvalue weighted by Crippen LogP contribution is -2.20. The third kappa shape index (κ3) is 4.09. The first kappa shape index (κ1) is 14.6. The van der Waals surface area contributed by atoms with Crippen LogP contribution in [0.4, 0.5) is 8.78 Å². The van der Waals surface area contributed by atoms with Crippen molar-refractivity contribution in [2.24, 2.45) is 0 Å². The van der Waals surface area contributed by atoms with Gasteiger partial charge in [0.2, 0.25) is 0 Å². The molecule has 1 aromatic carbocycles. The highest BCUT2D eigenvalue weighted by Crippen LogP contribution is 2.08. The number of nitrogens with one attached hydrogen (secondary N) is 1. The van der Waals surface area contributed by atoms with Crippen molar-refractivity contribution in [3.8, 4) is 0 Å². The lowest BCUT2D eigenvalue weighted by molar-refractivity contribution is 0.542. The molecule has 1 aromatic heterocycles. The minimum atomic E-state index is -0.539. The molecule has 0 bridgehead atoms. The molecule has 1 N–H and O–H groups in total. The Morgan fingerprint density at radius 3 is 2.65 bits per heavy atom. The molecule has 0 saturated heterocycles. The Labute approximate surface area is 116 Å². The third-order valence-electron chi connectivity index (χ3n) is 2.93. The highest BCUT2D eigenvalue weighted by Gasteiger charge is 2.03. The van der Waals surface area contributed by atoms with Crippen LogP contribution < -0.4 is 5.32 Å². The van der Waals surface area contributed by atoms with Crippen LogP contribution in [0, 0.1) is 11.6 Å². The van der Waals surface area contributed by atoms with Crippen LogP contribution in [0.3, 0.4) is 0 Å². The van der Waals surface area contributed by atoms with Crippen molar-refractivity contribution in [3.05, 3.63) is 47.5 Å². The van der Waals surface area contributed by atoms with E-state index in [0.29, 0.717) is 25.1 Å². The number of benzene rings is 1. The Kier molecular flexibility index (Phi) is 5.17.